The lowest BCUT2D eigenvalue weighted by molar-refractivity contribution is 0.0614. The van der Waals surface area contributed by atoms with Crippen LogP contribution in [0.1, 0.15) is 44.9 Å². The lowest BCUT2D eigenvalue weighted by Crippen LogP contribution is -2.37. The van der Waals surface area contributed by atoms with Crippen molar-refractivity contribution in [2.45, 2.75) is 57.1 Å². The Bertz CT molecular complexity index is 563. The molecule has 0 spiro atoms. The molecule has 3 rings (SSSR count). The zero-order valence-corrected chi connectivity index (χ0v) is 13.7. The summed E-state index contributed by atoms with van der Waals surface area (Å²) in [4.78, 5) is 12.5. The zero-order chi connectivity index (χ0) is 14.9. The summed E-state index contributed by atoms with van der Waals surface area (Å²) in [6.07, 6.45) is 9.02. The van der Waals surface area contributed by atoms with Gasteiger partial charge in [0.1, 0.15) is 5.69 Å². The Morgan fingerprint density at radius 3 is 2.71 bits per heavy atom. The van der Waals surface area contributed by atoms with E-state index in [1.54, 1.807) is 10.9 Å². The monoisotopic (exact) mass is 355 g/mol. The maximum Gasteiger partial charge on any atom is 0.291 e. The maximum atomic E-state index is 12.5. The molecule has 0 saturated heterocycles. The highest BCUT2D eigenvalue weighted by Crippen LogP contribution is 2.30. The molecule has 0 amide bonds. The summed E-state index contributed by atoms with van der Waals surface area (Å²) in [5, 5.41) is 17.7. The van der Waals surface area contributed by atoms with Gasteiger partial charge >= 0.3 is 0 Å². The standard InChI is InChI=1S/C15H22BrN3O2/c16-12-8-18-19(9-11-4-3-5-11)14(20)13(12)17-10-15(21)6-1-2-7-15/h8,11,17,21H,1-7,9-10H2. The number of anilines is 1. The van der Waals surface area contributed by atoms with Gasteiger partial charge in [0.2, 0.25) is 0 Å². The number of nitrogens with zero attached hydrogens (tertiary/aromatic N) is 2. The summed E-state index contributed by atoms with van der Waals surface area (Å²) in [6, 6.07) is 0. The largest absolute Gasteiger partial charge is 0.388 e. The van der Waals surface area contributed by atoms with Crippen molar-refractivity contribution >= 4 is 21.6 Å². The molecule has 116 valence electrons. The minimum atomic E-state index is -0.673. The number of aliphatic hydroxyl groups is 1. The predicted molar refractivity (Wildman–Crippen MR) is 85.4 cm³/mol. The van der Waals surface area contributed by atoms with Gasteiger partial charge in [0.15, 0.2) is 0 Å². The van der Waals surface area contributed by atoms with Crippen molar-refractivity contribution in [3.05, 3.63) is 21.0 Å². The topological polar surface area (TPSA) is 67.2 Å². The van der Waals surface area contributed by atoms with E-state index in [1.165, 1.54) is 19.3 Å². The number of rotatable bonds is 5. The quantitative estimate of drug-likeness (QED) is 0.851. The van der Waals surface area contributed by atoms with Crippen molar-refractivity contribution in [3.63, 3.8) is 0 Å². The van der Waals surface area contributed by atoms with Crippen LogP contribution < -0.4 is 10.9 Å². The first-order valence-corrected chi connectivity index (χ1v) is 8.59. The van der Waals surface area contributed by atoms with Crippen LogP contribution in [0.5, 0.6) is 0 Å². The van der Waals surface area contributed by atoms with Gasteiger partial charge in [-0.15, -0.1) is 0 Å². The number of halogens is 1. The Morgan fingerprint density at radius 2 is 2.10 bits per heavy atom. The van der Waals surface area contributed by atoms with E-state index in [1.807, 2.05) is 0 Å². The lowest BCUT2D eigenvalue weighted by atomic mass is 9.85. The van der Waals surface area contributed by atoms with E-state index in [0.29, 0.717) is 29.2 Å². The van der Waals surface area contributed by atoms with Gasteiger partial charge in [0.05, 0.1) is 16.3 Å². The summed E-state index contributed by atoms with van der Waals surface area (Å²) >= 11 is 3.39. The first-order valence-electron chi connectivity index (χ1n) is 7.79. The smallest absolute Gasteiger partial charge is 0.291 e. The van der Waals surface area contributed by atoms with E-state index in [4.69, 9.17) is 0 Å². The van der Waals surface area contributed by atoms with Gasteiger partial charge in [-0.1, -0.05) is 19.3 Å². The van der Waals surface area contributed by atoms with Crippen LogP contribution in [0.25, 0.3) is 0 Å². The molecule has 0 aromatic carbocycles. The molecule has 0 unspecified atom stereocenters. The Kier molecular flexibility index (Phi) is 4.36. The molecule has 0 atom stereocenters. The fourth-order valence-corrected chi connectivity index (χ4v) is 3.54. The second-order valence-electron chi connectivity index (χ2n) is 6.44. The average molecular weight is 356 g/mol. The Hall–Kier alpha value is -0.880. The van der Waals surface area contributed by atoms with Gasteiger partial charge in [-0.3, -0.25) is 4.79 Å². The first kappa shape index (κ1) is 15.0. The molecule has 2 saturated carbocycles. The van der Waals surface area contributed by atoms with Crippen molar-refractivity contribution in [1.82, 2.24) is 9.78 Å². The molecule has 0 aliphatic heterocycles. The maximum absolute atomic E-state index is 12.5. The van der Waals surface area contributed by atoms with E-state index >= 15 is 0 Å². The van der Waals surface area contributed by atoms with Crippen LogP contribution in [0.4, 0.5) is 5.69 Å². The molecule has 1 aromatic heterocycles. The molecule has 1 aromatic rings. The van der Waals surface area contributed by atoms with E-state index in [9.17, 15) is 9.90 Å². The fourth-order valence-electron chi connectivity index (χ4n) is 3.14. The highest BCUT2D eigenvalue weighted by atomic mass is 79.9. The first-order chi connectivity index (χ1) is 10.1. The van der Waals surface area contributed by atoms with E-state index in [0.717, 1.165) is 25.7 Å². The summed E-state index contributed by atoms with van der Waals surface area (Å²) in [5.41, 5.74) is -0.254. The van der Waals surface area contributed by atoms with E-state index in [2.05, 4.69) is 26.3 Å². The summed E-state index contributed by atoms with van der Waals surface area (Å²) in [7, 11) is 0. The van der Waals surface area contributed by atoms with Crippen molar-refractivity contribution < 1.29 is 5.11 Å². The van der Waals surface area contributed by atoms with Gasteiger partial charge in [0.25, 0.3) is 5.56 Å². The van der Waals surface area contributed by atoms with Crippen LogP contribution in [0.2, 0.25) is 0 Å². The molecular formula is C15H22BrN3O2. The second kappa shape index (κ2) is 6.08. The Morgan fingerprint density at radius 1 is 1.38 bits per heavy atom. The molecule has 21 heavy (non-hydrogen) atoms. The average Bonchev–Trinajstić information content (AvgIpc) is 2.83. The van der Waals surface area contributed by atoms with E-state index < -0.39 is 5.60 Å². The molecule has 2 fully saturated rings. The molecule has 0 radical (unpaired) electrons. The van der Waals surface area contributed by atoms with Crippen molar-refractivity contribution in [2.75, 3.05) is 11.9 Å². The van der Waals surface area contributed by atoms with Crippen LogP contribution in [-0.4, -0.2) is 27.0 Å². The highest BCUT2D eigenvalue weighted by Gasteiger charge is 2.31. The van der Waals surface area contributed by atoms with Gasteiger partial charge in [0, 0.05) is 13.1 Å². The number of aromatic nitrogens is 2. The van der Waals surface area contributed by atoms with Crippen molar-refractivity contribution in [3.8, 4) is 0 Å². The summed E-state index contributed by atoms with van der Waals surface area (Å²) in [5.74, 6) is 0.586. The van der Waals surface area contributed by atoms with Crippen molar-refractivity contribution in [1.29, 1.82) is 0 Å². The fraction of sp³-hybridized carbons (Fsp3) is 0.733. The van der Waals surface area contributed by atoms with Gasteiger partial charge in [-0.2, -0.15) is 5.10 Å². The SMILES string of the molecule is O=c1c(NCC2(O)CCCC2)c(Br)cnn1CC1CCC1. The van der Waals surface area contributed by atoms with Crippen LogP contribution in [0.3, 0.4) is 0 Å². The molecule has 2 N–H and O–H groups in total. The number of hydrogen-bond donors (Lipinski definition) is 2. The molecular weight excluding hydrogens is 334 g/mol. The number of nitrogens with one attached hydrogen (secondary N) is 1. The third-order valence-corrected chi connectivity index (χ3v) is 5.38. The van der Waals surface area contributed by atoms with Gasteiger partial charge in [-0.05, 0) is 47.5 Å². The van der Waals surface area contributed by atoms with Crippen molar-refractivity contribution in [2.24, 2.45) is 5.92 Å². The summed E-state index contributed by atoms with van der Waals surface area (Å²) < 4.78 is 2.22. The van der Waals surface area contributed by atoms with Gasteiger partial charge in [-0.25, -0.2) is 4.68 Å². The molecule has 2 aliphatic carbocycles. The predicted octanol–water partition coefficient (Wildman–Crippen LogP) is 2.52. The van der Waals surface area contributed by atoms with Crippen LogP contribution in [0, 0.1) is 5.92 Å². The van der Waals surface area contributed by atoms with Crippen LogP contribution >= 0.6 is 15.9 Å². The lowest BCUT2D eigenvalue weighted by Gasteiger charge is -2.26. The summed E-state index contributed by atoms with van der Waals surface area (Å²) in [6.45, 7) is 1.12. The number of hydrogen-bond acceptors (Lipinski definition) is 4. The minimum absolute atomic E-state index is 0.0992. The normalized spacial score (nSPS) is 21.2. The second-order valence-corrected chi connectivity index (χ2v) is 7.29. The van der Waals surface area contributed by atoms with Crippen LogP contribution in [-0.2, 0) is 6.54 Å². The highest BCUT2D eigenvalue weighted by molar-refractivity contribution is 9.10. The third kappa shape index (κ3) is 3.31. The zero-order valence-electron chi connectivity index (χ0n) is 12.1. The van der Waals surface area contributed by atoms with Crippen LogP contribution in [0.15, 0.2) is 15.5 Å². The molecule has 5 nitrogen and oxygen atoms in total. The molecule has 1 heterocycles. The minimum Gasteiger partial charge on any atom is -0.388 e. The van der Waals surface area contributed by atoms with E-state index in [-0.39, 0.29) is 5.56 Å². The molecule has 0 bridgehead atoms. The third-order valence-electron chi connectivity index (χ3n) is 4.78. The Balaban J connectivity index is 1.73. The van der Waals surface area contributed by atoms with Gasteiger partial charge < -0.3 is 10.4 Å². The molecule has 2 aliphatic rings. The Labute approximate surface area is 132 Å². The molecule has 6 heteroatoms.